The number of benzene rings is 1. The summed E-state index contributed by atoms with van der Waals surface area (Å²) in [5, 5.41) is 15.0. The molecule has 0 bridgehead atoms. The topological polar surface area (TPSA) is 75.2 Å². The number of carbonyl (C=O) groups is 1. The van der Waals surface area contributed by atoms with Gasteiger partial charge in [-0.25, -0.2) is 9.18 Å². The Balaban J connectivity index is 2.62. The van der Waals surface area contributed by atoms with Crippen molar-refractivity contribution in [3.05, 3.63) is 34.7 Å². The van der Waals surface area contributed by atoms with Crippen LogP contribution in [0.2, 0.25) is 5.02 Å². The molecule has 1 aromatic carbocycles. The highest BCUT2D eigenvalue weighted by Crippen LogP contribution is 2.37. The largest absolute Gasteiger partial charge is 0.494 e. The molecule has 94 valence electrons. The molecule has 7 heteroatoms. The number of methoxy groups -OCH3 is 1. The standard InChI is InChI=1S/C11H8ClFN2O3/c1-18-10-5(12)2-3-6(13)9(10)7-4-8(11(16)17)15-14-7/h2-4H,1H3,(H,14,15)(H,16,17). The lowest BCUT2D eigenvalue weighted by Crippen LogP contribution is -1.95. The lowest BCUT2D eigenvalue weighted by Gasteiger charge is -2.08. The SMILES string of the molecule is COc1c(Cl)ccc(F)c1-c1cc(C(=O)O)[nH]n1. The summed E-state index contributed by atoms with van der Waals surface area (Å²) >= 11 is 5.87. The lowest BCUT2D eigenvalue weighted by molar-refractivity contribution is 0.0690. The number of hydrogen-bond acceptors (Lipinski definition) is 3. The third-order valence-corrected chi connectivity index (χ3v) is 2.62. The molecule has 0 amide bonds. The van der Waals surface area contributed by atoms with Crippen LogP contribution in [0.3, 0.4) is 0 Å². The van der Waals surface area contributed by atoms with E-state index in [4.69, 9.17) is 21.4 Å². The van der Waals surface area contributed by atoms with Crippen LogP contribution in [0.4, 0.5) is 4.39 Å². The summed E-state index contributed by atoms with van der Waals surface area (Å²) < 4.78 is 18.8. The Morgan fingerprint density at radius 2 is 2.28 bits per heavy atom. The van der Waals surface area contributed by atoms with E-state index in [0.29, 0.717) is 0 Å². The Labute approximate surface area is 106 Å². The van der Waals surface area contributed by atoms with Gasteiger partial charge >= 0.3 is 5.97 Å². The Morgan fingerprint density at radius 3 is 2.83 bits per heavy atom. The Morgan fingerprint density at radius 1 is 1.56 bits per heavy atom. The minimum atomic E-state index is -1.19. The van der Waals surface area contributed by atoms with Gasteiger partial charge in [0, 0.05) is 0 Å². The van der Waals surface area contributed by atoms with Gasteiger partial charge in [0.15, 0.2) is 0 Å². The van der Waals surface area contributed by atoms with Gasteiger partial charge in [-0.3, -0.25) is 5.10 Å². The van der Waals surface area contributed by atoms with Crippen LogP contribution in [0.5, 0.6) is 5.75 Å². The molecule has 2 N–H and O–H groups in total. The van der Waals surface area contributed by atoms with Crippen LogP contribution in [0.25, 0.3) is 11.3 Å². The number of carboxylic acids is 1. The first-order valence-electron chi connectivity index (χ1n) is 4.85. The molecule has 0 aliphatic heterocycles. The van der Waals surface area contributed by atoms with Crippen molar-refractivity contribution in [3.63, 3.8) is 0 Å². The minimum Gasteiger partial charge on any atom is -0.494 e. The van der Waals surface area contributed by atoms with E-state index < -0.39 is 11.8 Å². The summed E-state index contributed by atoms with van der Waals surface area (Å²) in [6, 6.07) is 3.72. The first-order chi connectivity index (χ1) is 8.54. The number of aromatic carboxylic acids is 1. The van der Waals surface area contributed by atoms with E-state index >= 15 is 0 Å². The molecule has 5 nitrogen and oxygen atoms in total. The fourth-order valence-electron chi connectivity index (χ4n) is 1.53. The molecule has 18 heavy (non-hydrogen) atoms. The van der Waals surface area contributed by atoms with Crippen molar-refractivity contribution in [2.75, 3.05) is 7.11 Å². The van der Waals surface area contributed by atoms with Crippen LogP contribution in [-0.2, 0) is 0 Å². The van der Waals surface area contributed by atoms with E-state index in [1.165, 1.54) is 19.2 Å². The van der Waals surface area contributed by atoms with E-state index in [-0.39, 0.29) is 27.7 Å². The van der Waals surface area contributed by atoms with E-state index in [0.717, 1.165) is 6.07 Å². The molecule has 0 saturated heterocycles. The smallest absolute Gasteiger partial charge is 0.353 e. The number of nitrogens with zero attached hydrogens (tertiary/aromatic N) is 1. The first-order valence-corrected chi connectivity index (χ1v) is 5.23. The highest BCUT2D eigenvalue weighted by molar-refractivity contribution is 6.32. The van der Waals surface area contributed by atoms with Gasteiger partial charge in [0.1, 0.15) is 17.3 Å². The van der Waals surface area contributed by atoms with Crippen molar-refractivity contribution in [1.82, 2.24) is 10.2 Å². The number of ether oxygens (including phenoxy) is 1. The van der Waals surface area contributed by atoms with Gasteiger partial charge in [-0.05, 0) is 18.2 Å². The van der Waals surface area contributed by atoms with Crippen LogP contribution in [0, 0.1) is 5.82 Å². The summed E-state index contributed by atoms with van der Waals surface area (Å²) in [4.78, 5) is 10.7. The summed E-state index contributed by atoms with van der Waals surface area (Å²) in [7, 11) is 1.34. The number of nitrogens with one attached hydrogen (secondary N) is 1. The Kier molecular flexibility index (Phi) is 3.20. The van der Waals surface area contributed by atoms with E-state index in [1.54, 1.807) is 0 Å². The zero-order valence-corrected chi connectivity index (χ0v) is 9.95. The van der Waals surface area contributed by atoms with Crippen LogP contribution in [-0.4, -0.2) is 28.4 Å². The highest BCUT2D eigenvalue weighted by Gasteiger charge is 2.19. The van der Waals surface area contributed by atoms with Crippen LogP contribution < -0.4 is 4.74 Å². The van der Waals surface area contributed by atoms with Gasteiger partial charge < -0.3 is 9.84 Å². The molecule has 2 rings (SSSR count). The van der Waals surface area contributed by atoms with Crippen LogP contribution >= 0.6 is 11.6 Å². The number of aromatic nitrogens is 2. The summed E-state index contributed by atoms with van der Waals surface area (Å²) in [6.45, 7) is 0. The highest BCUT2D eigenvalue weighted by atomic mass is 35.5. The van der Waals surface area contributed by atoms with Crippen LogP contribution in [0.1, 0.15) is 10.5 Å². The molecule has 0 fully saturated rings. The molecular weight excluding hydrogens is 263 g/mol. The Hall–Kier alpha value is -2.08. The zero-order valence-electron chi connectivity index (χ0n) is 9.20. The fraction of sp³-hybridized carbons (Fsp3) is 0.0909. The van der Waals surface area contributed by atoms with Crippen molar-refractivity contribution in [2.45, 2.75) is 0 Å². The van der Waals surface area contributed by atoms with Crippen molar-refractivity contribution in [2.24, 2.45) is 0 Å². The predicted octanol–water partition coefficient (Wildman–Crippen LogP) is 2.58. The zero-order chi connectivity index (χ0) is 13.3. The predicted molar refractivity (Wildman–Crippen MR) is 62.5 cm³/mol. The molecular formula is C11H8ClFN2O3. The molecule has 0 unspecified atom stereocenters. The summed E-state index contributed by atoms with van der Waals surface area (Å²) in [5.74, 6) is -1.67. The van der Waals surface area contributed by atoms with Gasteiger partial charge in [0.25, 0.3) is 0 Å². The normalized spacial score (nSPS) is 10.4. The quantitative estimate of drug-likeness (QED) is 0.899. The maximum absolute atomic E-state index is 13.8. The van der Waals surface area contributed by atoms with Crippen molar-refractivity contribution in [3.8, 4) is 17.0 Å². The minimum absolute atomic E-state index is 0.0220. The number of H-pyrrole nitrogens is 1. The van der Waals surface area contributed by atoms with E-state index in [9.17, 15) is 9.18 Å². The molecule has 2 aromatic rings. The molecule has 0 spiro atoms. The van der Waals surface area contributed by atoms with Crippen molar-refractivity contribution < 1.29 is 19.0 Å². The molecule has 0 aliphatic rings. The first kappa shape index (κ1) is 12.4. The molecule has 1 heterocycles. The molecule has 1 aromatic heterocycles. The third kappa shape index (κ3) is 2.02. The third-order valence-electron chi connectivity index (χ3n) is 2.33. The fourth-order valence-corrected chi connectivity index (χ4v) is 1.77. The number of aromatic amines is 1. The molecule has 0 saturated carbocycles. The second-order valence-corrected chi connectivity index (χ2v) is 3.82. The summed E-state index contributed by atoms with van der Waals surface area (Å²) in [5.41, 5.74) is -0.00979. The van der Waals surface area contributed by atoms with Gasteiger partial charge in [0.05, 0.1) is 23.4 Å². The number of carboxylic acid groups (broad SMARTS) is 1. The van der Waals surface area contributed by atoms with Crippen molar-refractivity contribution in [1.29, 1.82) is 0 Å². The maximum atomic E-state index is 13.8. The van der Waals surface area contributed by atoms with Gasteiger partial charge in [-0.15, -0.1) is 0 Å². The van der Waals surface area contributed by atoms with Gasteiger partial charge in [-0.2, -0.15) is 5.10 Å². The second-order valence-electron chi connectivity index (χ2n) is 3.41. The van der Waals surface area contributed by atoms with Gasteiger partial charge in [0.2, 0.25) is 0 Å². The summed E-state index contributed by atoms with van der Waals surface area (Å²) in [6.07, 6.45) is 0. The molecule has 0 radical (unpaired) electrons. The maximum Gasteiger partial charge on any atom is 0.353 e. The van der Waals surface area contributed by atoms with E-state index in [1.807, 2.05) is 0 Å². The number of halogens is 2. The lowest BCUT2D eigenvalue weighted by atomic mass is 10.1. The van der Waals surface area contributed by atoms with Crippen LogP contribution in [0.15, 0.2) is 18.2 Å². The Bertz CT molecular complexity index is 612. The van der Waals surface area contributed by atoms with Crippen molar-refractivity contribution >= 4 is 17.6 Å². The number of hydrogen-bond donors (Lipinski definition) is 2. The average Bonchev–Trinajstić information content (AvgIpc) is 2.81. The second kappa shape index (κ2) is 4.66. The molecule has 0 aliphatic carbocycles. The monoisotopic (exact) mass is 270 g/mol. The average molecular weight is 271 g/mol. The molecule has 0 atom stereocenters. The van der Waals surface area contributed by atoms with E-state index in [2.05, 4.69) is 10.2 Å². The van der Waals surface area contributed by atoms with Gasteiger partial charge in [-0.1, -0.05) is 11.6 Å². The number of rotatable bonds is 3.